The number of allylic oxidation sites excluding steroid dienone is 2. The number of hydrogen-bond acceptors (Lipinski definition) is 6. The predicted molar refractivity (Wildman–Crippen MR) is 98.4 cm³/mol. The fraction of sp³-hybridized carbons (Fsp3) is 0.429. The van der Waals surface area contributed by atoms with Crippen LogP contribution in [0.1, 0.15) is 19.8 Å². The summed E-state index contributed by atoms with van der Waals surface area (Å²) in [5.41, 5.74) is 0.439. The molecule has 0 rings (SSSR count). The molecule has 0 saturated heterocycles. The van der Waals surface area contributed by atoms with Gasteiger partial charge in [-0.15, -0.1) is 28.0 Å². The normalized spacial score (nSPS) is 18.1. The van der Waals surface area contributed by atoms with Crippen LogP contribution < -0.4 is 0 Å². The number of nitrogens with zero attached hydrogens (tertiary/aromatic N) is 3. The molecule has 0 amide bonds. The molecule has 9 heteroatoms. The smallest absolute Gasteiger partial charge is 0.130 e. The van der Waals surface area contributed by atoms with Gasteiger partial charge in [0.25, 0.3) is 0 Å². The van der Waals surface area contributed by atoms with Crippen LogP contribution in [0.2, 0.25) is 0 Å². The topological polar surface area (TPSA) is 88.3 Å². The highest BCUT2D eigenvalue weighted by Crippen LogP contribution is 2.37. The van der Waals surface area contributed by atoms with E-state index in [9.17, 15) is 14.7 Å². The second kappa shape index (κ2) is 11.4. The maximum absolute atomic E-state index is 11.0. The Morgan fingerprint density at radius 3 is 2.39 bits per heavy atom. The summed E-state index contributed by atoms with van der Waals surface area (Å²) in [6.07, 6.45) is 5.00. The summed E-state index contributed by atoms with van der Waals surface area (Å²) in [4.78, 5) is 33.9. The summed E-state index contributed by atoms with van der Waals surface area (Å²) >= 11 is 14.6. The van der Waals surface area contributed by atoms with Crippen LogP contribution >= 0.6 is 39.1 Å². The van der Waals surface area contributed by atoms with Gasteiger partial charge in [-0.05, 0) is 23.2 Å². The van der Waals surface area contributed by atoms with Crippen LogP contribution in [0.3, 0.4) is 0 Å². The zero-order valence-electron chi connectivity index (χ0n) is 12.4. The molecular weight excluding hydrogens is 409 g/mol. The van der Waals surface area contributed by atoms with E-state index in [1.54, 1.807) is 13.0 Å². The number of hydrogen-bond donors (Lipinski definition) is 0. The minimum atomic E-state index is -0.920. The van der Waals surface area contributed by atoms with Crippen molar-refractivity contribution in [1.82, 2.24) is 0 Å². The Kier molecular flexibility index (Phi) is 10.8. The maximum atomic E-state index is 11.0. The van der Waals surface area contributed by atoms with Crippen molar-refractivity contribution in [1.29, 1.82) is 0 Å². The lowest BCUT2D eigenvalue weighted by Crippen LogP contribution is -2.19. The zero-order valence-corrected chi connectivity index (χ0v) is 15.5. The summed E-state index contributed by atoms with van der Waals surface area (Å²) in [6.45, 7) is 5.19. The summed E-state index contributed by atoms with van der Waals surface area (Å²) in [7, 11) is 0. The molecule has 0 aliphatic rings. The molecule has 126 valence electrons. The summed E-state index contributed by atoms with van der Waals surface area (Å²) in [5.74, 6) is 0. The van der Waals surface area contributed by atoms with Gasteiger partial charge in [-0.3, -0.25) is 0 Å². The maximum Gasteiger partial charge on any atom is 0.130 e. The number of nitroso groups, excluding NO2 is 3. The third-order valence-corrected chi connectivity index (χ3v) is 4.44. The number of halogens is 3. The minimum absolute atomic E-state index is 0.0459. The first-order valence-electron chi connectivity index (χ1n) is 6.47. The van der Waals surface area contributed by atoms with E-state index in [0.717, 1.165) is 5.54 Å². The highest BCUT2D eigenvalue weighted by molar-refractivity contribution is 9.11. The Hall–Kier alpha value is -1.18. The lowest BCUT2D eigenvalue weighted by atomic mass is 9.81. The third kappa shape index (κ3) is 6.85. The van der Waals surface area contributed by atoms with Crippen LogP contribution in [-0.2, 0) is 0 Å². The molecule has 0 radical (unpaired) electrons. The van der Waals surface area contributed by atoms with E-state index >= 15 is 0 Å². The van der Waals surface area contributed by atoms with E-state index in [4.69, 9.17) is 23.2 Å². The molecule has 0 heterocycles. The molecule has 23 heavy (non-hydrogen) atoms. The van der Waals surface area contributed by atoms with Gasteiger partial charge in [-0.1, -0.05) is 57.9 Å². The number of alkyl halides is 1. The lowest BCUT2D eigenvalue weighted by molar-refractivity contribution is 0.460. The first-order valence-corrected chi connectivity index (χ1v) is 8.26. The van der Waals surface area contributed by atoms with E-state index in [1.807, 2.05) is 0 Å². The van der Waals surface area contributed by atoms with Crippen LogP contribution in [0.5, 0.6) is 0 Å². The largest absolute Gasteiger partial charge is 0.150 e. The van der Waals surface area contributed by atoms with E-state index in [-0.39, 0.29) is 17.8 Å². The Balaban J connectivity index is 5.51. The van der Waals surface area contributed by atoms with Crippen molar-refractivity contribution in [2.24, 2.45) is 20.9 Å². The van der Waals surface area contributed by atoms with Gasteiger partial charge in [0.2, 0.25) is 0 Å². The van der Waals surface area contributed by atoms with Crippen LogP contribution in [0.25, 0.3) is 0 Å². The molecule has 3 unspecified atom stereocenters. The summed E-state index contributed by atoms with van der Waals surface area (Å²) in [5, 5.41) is 7.98. The first-order chi connectivity index (χ1) is 10.9. The Morgan fingerprint density at radius 2 is 2.00 bits per heavy atom. The average Bonchev–Trinajstić information content (AvgIpc) is 2.57. The molecule has 0 aromatic carbocycles. The van der Waals surface area contributed by atoms with Crippen molar-refractivity contribution in [2.45, 2.75) is 31.2 Å². The molecule has 6 nitrogen and oxygen atoms in total. The highest BCUT2D eigenvalue weighted by Gasteiger charge is 2.29. The van der Waals surface area contributed by atoms with Gasteiger partial charge in [0.15, 0.2) is 0 Å². The molecule has 0 aliphatic heterocycles. The van der Waals surface area contributed by atoms with E-state index in [1.165, 1.54) is 17.1 Å². The van der Waals surface area contributed by atoms with Gasteiger partial charge in [0, 0.05) is 15.9 Å². The van der Waals surface area contributed by atoms with Crippen LogP contribution in [-0.4, -0.2) is 11.4 Å². The zero-order chi connectivity index (χ0) is 17.9. The quantitative estimate of drug-likeness (QED) is 0.227. The molecule has 0 bridgehead atoms. The van der Waals surface area contributed by atoms with Gasteiger partial charge in [0.1, 0.15) is 11.7 Å². The second-order valence-corrected chi connectivity index (χ2v) is 6.01. The Labute approximate surface area is 152 Å². The van der Waals surface area contributed by atoms with Crippen molar-refractivity contribution < 1.29 is 0 Å². The minimum Gasteiger partial charge on any atom is -0.150 e. The Morgan fingerprint density at radius 1 is 1.35 bits per heavy atom. The van der Waals surface area contributed by atoms with Crippen molar-refractivity contribution in [3.63, 3.8) is 0 Å². The fourth-order valence-corrected chi connectivity index (χ4v) is 2.43. The van der Waals surface area contributed by atoms with Crippen LogP contribution in [0.4, 0.5) is 0 Å². The molecule has 0 fully saturated rings. The first kappa shape index (κ1) is 21.8. The lowest BCUT2D eigenvalue weighted by Gasteiger charge is -2.25. The molecule has 3 atom stereocenters. The summed E-state index contributed by atoms with van der Waals surface area (Å²) < 4.78 is 0. The second-order valence-electron chi connectivity index (χ2n) is 4.83. The van der Waals surface area contributed by atoms with Gasteiger partial charge in [0.05, 0.1) is 11.1 Å². The van der Waals surface area contributed by atoms with Crippen molar-refractivity contribution in [3.05, 3.63) is 61.4 Å². The van der Waals surface area contributed by atoms with Crippen LogP contribution in [0, 0.1) is 20.1 Å². The van der Waals surface area contributed by atoms with E-state index in [0.29, 0.717) is 6.42 Å². The Bertz CT molecular complexity index is 537. The predicted octanol–water partition coefficient (Wildman–Crippen LogP) is 6.11. The molecule has 0 saturated carbocycles. The van der Waals surface area contributed by atoms with Crippen molar-refractivity contribution in [3.8, 4) is 0 Å². The van der Waals surface area contributed by atoms with Gasteiger partial charge < -0.3 is 0 Å². The molecule has 0 aromatic rings. The van der Waals surface area contributed by atoms with Crippen molar-refractivity contribution >= 4 is 39.1 Å². The molecule has 0 N–H and O–H groups in total. The van der Waals surface area contributed by atoms with E-state index in [2.05, 4.69) is 38.0 Å². The van der Waals surface area contributed by atoms with Gasteiger partial charge in [-0.2, -0.15) is 4.91 Å². The monoisotopic (exact) mass is 423 g/mol. The molecule has 0 aromatic heterocycles. The highest BCUT2D eigenvalue weighted by atomic mass is 79.9. The average molecular weight is 425 g/mol. The third-order valence-electron chi connectivity index (χ3n) is 3.26. The molecule has 0 spiro atoms. The number of rotatable bonds is 11. The molecular formula is C14H16BrCl2N3O3. The van der Waals surface area contributed by atoms with Crippen LogP contribution in [0.15, 0.2) is 62.3 Å². The van der Waals surface area contributed by atoms with Crippen molar-refractivity contribution in [2.75, 3.05) is 0 Å². The van der Waals surface area contributed by atoms with Gasteiger partial charge in [-0.25, -0.2) is 0 Å². The standard InChI is InChI=1S/C14H16BrCl2N3O3/c1-3-11(17)12(19-22)5-7-14(2,13(9-16)20-23)6-4-10(8-15)18-21/h3,5,7-9,11-12H,1,4,6H2,2H3. The summed E-state index contributed by atoms with van der Waals surface area (Å²) in [6, 6.07) is -0.855. The molecule has 0 aliphatic carbocycles. The SMILES string of the molecule is C=CC(Cl)C(C=CC(C)(CCC(=CBr)N=O)C(=CCl)N=O)N=O. The van der Waals surface area contributed by atoms with Gasteiger partial charge >= 0.3 is 0 Å². The fourth-order valence-electron chi connectivity index (χ4n) is 1.70. The van der Waals surface area contributed by atoms with E-state index < -0.39 is 16.8 Å².